The number of ether oxygens (including phenoxy) is 2. The molecular weight excluding hydrogens is 316 g/mol. The fraction of sp³-hybridized carbons (Fsp3) is 0.350. The van der Waals surface area contributed by atoms with Crippen LogP contribution in [0.3, 0.4) is 0 Å². The van der Waals surface area contributed by atoms with E-state index in [0.717, 1.165) is 5.56 Å². The van der Waals surface area contributed by atoms with Crippen LogP contribution < -0.4 is 20.5 Å². The zero-order valence-electron chi connectivity index (χ0n) is 14.6. The number of rotatable bonds is 5. The van der Waals surface area contributed by atoms with Crippen LogP contribution >= 0.6 is 0 Å². The predicted octanol–water partition coefficient (Wildman–Crippen LogP) is 3.01. The fourth-order valence-electron chi connectivity index (χ4n) is 2.80. The standard InChI is InChI=1S/C20H24N2O3/c1-13(2)14-6-8-15(9-7-14)17(21)12-22-20(23)16-4-3-5-18-19(16)25-11-10-24-18/h3-9,13,17H,10-12,21H2,1-2H3,(H,22,23). The van der Waals surface area contributed by atoms with Crippen molar-refractivity contribution in [1.29, 1.82) is 0 Å². The summed E-state index contributed by atoms with van der Waals surface area (Å²) in [4.78, 5) is 12.5. The number of para-hydroxylation sites is 1. The lowest BCUT2D eigenvalue weighted by Gasteiger charge is -2.21. The lowest BCUT2D eigenvalue weighted by Crippen LogP contribution is -2.32. The number of fused-ring (bicyclic) bond motifs is 1. The summed E-state index contributed by atoms with van der Waals surface area (Å²) in [6.45, 7) is 5.60. The second kappa shape index (κ2) is 7.57. The molecule has 2 aromatic carbocycles. The quantitative estimate of drug-likeness (QED) is 0.877. The minimum absolute atomic E-state index is 0.211. The van der Waals surface area contributed by atoms with E-state index in [1.165, 1.54) is 5.56 Å². The molecule has 0 saturated carbocycles. The predicted molar refractivity (Wildman–Crippen MR) is 97.2 cm³/mol. The summed E-state index contributed by atoms with van der Waals surface area (Å²) in [5.41, 5.74) is 8.96. The first-order valence-corrected chi connectivity index (χ1v) is 8.58. The van der Waals surface area contributed by atoms with Crippen molar-refractivity contribution in [1.82, 2.24) is 5.32 Å². The second-order valence-corrected chi connectivity index (χ2v) is 6.47. The van der Waals surface area contributed by atoms with Gasteiger partial charge in [-0.25, -0.2) is 0 Å². The topological polar surface area (TPSA) is 73.6 Å². The first kappa shape index (κ1) is 17.3. The van der Waals surface area contributed by atoms with Crippen LogP contribution in [0, 0.1) is 0 Å². The molecule has 0 saturated heterocycles. The van der Waals surface area contributed by atoms with Crippen LogP contribution in [0.15, 0.2) is 42.5 Å². The molecule has 1 aliphatic rings. The Labute approximate surface area is 148 Å². The van der Waals surface area contributed by atoms with Crippen molar-refractivity contribution in [3.05, 3.63) is 59.2 Å². The molecule has 1 unspecified atom stereocenters. The second-order valence-electron chi connectivity index (χ2n) is 6.47. The van der Waals surface area contributed by atoms with E-state index in [4.69, 9.17) is 15.2 Å². The van der Waals surface area contributed by atoms with Crippen LogP contribution in [0.5, 0.6) is 11.5 Å². The van der Waals surface area contributed by atoms with Gasteiger partial charge < -0.3 is 20.5 Å². The highest BCUT2D eigenvalue weighted by Gasteiger charge is 2.20. The molecule has 1 atom stereocenters. The smallest absolute Gasteiger partial charge is 0.255 e. The Hall–Kier alpha value is -2.53. The molecule has 0 bridgehead atoms. The van der Waals surface area contributed by atoms with Crippen molar-refractivity contribution in [2.75, 3.05) is 19.8 Å². The average molecular weight is 340 g/mol. The fourth-order valence-corrected chi connectivity index (χ4v) is 2.80. The third kappa shape index (κ3) is 3.94. The van der Waals surface area contributed by atoms with E-state index in [1.807, 2.05) is 12.1 Å². The minimum atomic E-state index is -0.262. The van der Waals surface area contributed by atoms with Gasteiger partial charge in [-0.3, -0.25) is 4.79 Å². The molecule has 3 N–H and O–H groups in total. The largest absolute Gasteiger partial charge is 0.486 e. The van der Waals surface area contributed by atoms with Gasteiger partial charge in [0.1, 0.15) is 13.2 Å². The summed E-state index contributed by atoms with van der Waals surface area (Å²) in [5.74, 6) is 1.38. The van der Waals surface area contributed by atoms with Gasteiger partial charge in [-0.15, -0.1) is 0 Å². The highest BCUT2D eigenvalue weighted by Crippen LogP contribution is 2.33. The van der Waals surface area contributed by atoms with Gasteiger partial charge in [-0.1, -0.05) is 44.2 Å². The molecule has 5 heteroatoms. The van der Waals surface area contributed by atoms with Crippen molar-refractivity contribution in [3.8, 4) is 11.5 Å². The maximum atomic E-state index is 12.5. The van der Waals surface area contributed by atoms with Gasteiger partial charge in [0.15, 0.2) is 11.5 Å². The van der Waals surface area contributed by atoms with Crippen molar-refractivity contribution in [2.45, 2.75) is 25.8 Å². The summed E-state index contributed by atoms with van der Waals surface area (Å²) in [5, 5.41) is 2.89. The van der Waals surface area contributed by atoms with E-state index in [-0.39, 0.29) is 11.9 Å². The van der Waals surface area contributed by atoms with Gasteiger partial charge >= 0.3 is 0 Å². The number of amides is 1. The normalized spacial score (nSPS) is 14.2. The Morgan fingerprint density at radius 3 is 2.48 bits per heavy atom. The van der Waals surface area contributed by atoms with Crippen molar-refractivity contribution in [3.63, 3.8) is 0 Å². The number of benzene rings is 2. The number of hydrogen-bond donors (Lipinski definition) is 2. The molecule has 1 heterocycles. The molecule has 2 aromatic rings. The average Bonchev–Trinajstić information content (AvgIpc) is 2.65. The summed E-state index contributed by atoms with van der Waals surface area (Å²) in [7, 11) is 0. The van der Waals surface area contributed by atoms with Crippen LogP contribution in [-0.4, -0.2) is 25.7 Å². The first-order valence-electron chi connectivity index (χ1n) is 8.58. The number of carbonyl (C=O) groups excluding carboxylic acids is 1. The third-order valence-electron chi connectivity index (χ3n) is 4.32. The van der Waals surface area contributed by atoms with Crippen LogP contribution in [-0.2, 0) is 0 Å². The lowest BCUT2D eigenvalue weighted by atomic mass is 9.99. The van der Waals surface area contributed by atoms with E-state index >= 15 is 0 Å². The van der Waals surface area contributed by atoms with E-state index in [2.05, 4.69) is 31.3 Å². The van der Waals surface area contributed by atoms with E-state index in [1.54, 1.807) is 18.2 Å². The molecule has 132 valence electrons. The molecule has 0 radical (unpaired) electrons. The van der Waals surface area contributed by atoms with Crippen molar-refractivity contribution >= 4 is 5.91 Å². The molecule has 0 aromatic heterocycles. The molecule has 1 aliphatic heterocycles. The number of hydrogen-bond acceptors (Lipinski definition) is 4. The van der Waals surface area contributed by atoms with Gasteiger partial charge in [-0.05, 0) is 29.2 Å². The van der Waals surface area contributed by atoms with Crippen LogP contribution in [0.1, 0.15) is 47.3 Å². The van der Waals surface area contributed by atoms with Gasteiger partial charge in [0.25, 0.3) is 5.91 Å². The summed E-state index contributed by atoms with van der Waals surface area (Å²) in [6, 6.07) is 13.3. The van der Waals surface area contributed by atoms with Crippen LogP contribution in [0.25, 0.3) is 0 Å². The Bertz CT molecular complexity index is 741. The summed E-state index contributed by atoms with van der Waals surface area (Å²) in [6.07, 6.45) is 0. The molecule has 25 heavy (non-hydrogen) atoms. The molecule has 0 aliphatic carbocycles. The maximum Gasteiger partial charge on any atom is 0.255 e. The van der Waals surface area contributed by atoms with Crippen molar-refractivity contribution in [2.24, 2.45) is 5.73 Å². The van der Waals surface area contributed by atoms with Gasteiger partial charge in [0.2, 0.25) is 0 Å². The van der Waals surface area contributed by atoms with Crippen LogP contribution in [0.4, 0.5) is 0 Å². The zero-order valence-corrected chi connectivity index (χ0v) is 14.6. The third-order valence-corrected chi connectivity index (χ3v) is 4.32. The van der Waals surface area contributed by atoms with E-state index in [9.17, 15) is 4.79 Å². The van der Waals surface area contributed by atoms with Gasteiger partial charge in [0.05, 0.1) is 5.56 Å². The van der Waals surface area contributed by atoms with Crippen LogP contribution in [0.2, 0.25) is 0 Å². The Balaban J connectivity index is 1.64. The number of nitrogens with one attached hydrogen (secondary N) is 1. The minimum Gasteiger partial charge on any atom is -0.486 e. The highest BCUT2D eigenvalue weighted by atomic mass is 16.6. The Morgan fingerprint density at radius 2 is 1.76 bits per heavy atom. The summed E-state index contributed by atoms with van der Waals surface area (Å²) >= 11 is 0. The molecule has 5 nitrogen and oxygen atoms in total. The van der Waals surface area contributed by atoms with E-state index < -0.39 is 0 Å². The molecule has 0 fully saturated rings. The number of nitrogens with two attached hydrogens (primary N) is 1. The Morgan fingerprint density at radius 1 is 1.08 bits per heavy atom. The van der Waals surface area contributed by atoms with Crippen molar-refractivity contribution < 1.29 is 14.3 Å². The molecular formula is C20H24N2O3. The molecule has 3 rings (SSSR count). The highest BCUT2D eigenvalue weighted by molar-refractivity contribution is 5.97. The van der Waals surface area contributed by atoms with Gasteiger partial charge in [0, 0.05) is 12.6 Å². The zero-order chi connectivity index (χ0) is 17.8. The molecule has 0 spiro atoms. The Kier molecular flexibility index (Phi) is 5.24. The SMILES string of the molecule is CC(C)c1ccc(C(N)CNC(=O)c2cccc3c2OCCO3)cc1. The first-order chi connectivity index (χ1) is 12.1. The molecule has 1 amide bonds. The monoisotopic (exact) mass is 340 g/mol. The van der Waals surface area contributed by atoms with Gasteiger partial charge in [-0.2, -0.15) is 0 Å². The van der Waals surface area contributed by atoms with E-state index in [0.29, 0.717) is 42.7 Å². The summed E-state index contributed by atoms with van der Waals surface area (Å²) < 4.78 is 11.1. The number of carbonyl (C=O) groups is 1. The maximum absolute atomic E-state index is 12.5. The lowest BCUT2D eigenvalue weighted by molar-refractivity contribution is 0.0940.